The molecule has 0 saturated carbocycles. The largest absolute Gasteiger partial charge is 0.341 e. The fraction of sp³-hybridized carbons (Fsp3) is 0. The molecule has 0 fully saturated rings. The Morgan fingerprint density at radius 2 is 0.202 bits per heavy atom. The van der Waals surface area contributed by atoms with Crippen molar-refractivity contribution >= 4 is 169 Å². The van der Waals surface area contributed by atoms with E-state index in [4.69, 9.17) is 0 Å². The molecule has 0 aliphatic heterocycles. The van der Waals surface area contributed by atoms with Gasteiger partial charge >= 0.3 is 33.6 Å². The summed E-state index contributed by atoms with van der Waals surface area (Å²) in [6, 6.07) is 91.1. The lowest BCUT2D eigenvalue weighted by molar-refractivity contribution is 0.841. The fourth-order valence-electron chi connectivity index (χ4n) is 13.6. The van der Waals surface area contributed by atoms with Crippen molar-refractivity contribution in [2.45, 2.75) is 0 Å². The van der Waals surface area contributed by atoms with Gasteiger partial charge in [-0.2, -0.15) is 0 Å². The maximum Gasteiger partial charge on any atom is 0.341 e. The van der Waals surface area contributed by atoms with Crippen molar-refractivity contribution in [1.29, 1.82) is 0 Å². The van der Waals surface area contributed by atoms with Crippen LogP contribution in [0.1, 0.15) is 66.8 Å². The Kier molecular flexibility index (Phi) is 26.1. The molecule has 8 heteroatoms. The van der Waals surface area contributed by atoms with Crippen LogP contribution in [0.5, 0.6) is 0 Å². The molecule has 0 unspecified atom stereocenters. The highest BCUT2D eigenvalue weighted by atomic mass is 28.4. The molecule has 0 atom stereocenters. The predicted molar refractivity (Wildman–Crippen MR) is 461 cm³/mol. The van der Waals surface area contributed by atoms with Gasteiger partial charge in [-0.05, 0) is 129 Å². The van der Waals surface area contributed by atoms with Gasteiger partial charge in [0.25, 0.3) is 0 Å². The van der Waals surface area contributed by atoms with Crippen LogP contribution < -0.4 is 62.2 Å². The van der Waals surface area contributed by atoms with Gasteiger partial charge in [0.1, 0.15) is 0 Å². The van der Waals surface area contributed by atoms with Gasteiger partial charge in [-0.3, -0.25) is 16.4 Å². The highest BCUT2D eigenvalue weighted by Gasteiger charge is 2.48. The van der Waals surface area contributed by atoms with Gasteiger partial charge in [0.2, 0.25) is 0 Å². The zero-order valence-electron chi connectivity index (χ0n) is 58.6. The standard InChI is InChI=1S/4C24H21FSi/c4*1-4-19-13-7-10-16-22(19)26(25,23-17-11-8-14-20(23)5-2)24-18-12-9-15-21(24)6-3/h4*4-18H,1-3H2. The second-order valence-corrected chi connectivity index (χ2v) is 35.9. The van der Waals surface area contributed by atoms with E-state index in [1.807, 2.05) is 291 Å². The molecular formula is C96H84F4Si4. The minimum Gasteiger partial charge on any atom is -0.296 e. The van der Waals surface area contributed by atoms with Gasteiger partial charge in [-0.1, -0.05) is 443 Å². The molecule has 0 nitrogen and oxygen atoms in total. The van der Waals surface area contributed by atoms with E-state index in [0.717, 1.165) is 66.8 Å². The molecule has 104 heavy (non-hydrogen) atoms. The molecule has 0 heterocycles. The van der Waals surface area contributed by atoms with E-state index in [-0.39, 0.29) is 0 Å². The number of rotatable bonds is 24. The van der Waals surface area contributed by atoms with Crippen molar-refractivity contribution in [3.8, 4) is 0 Å². The zero-order chi connectivity index (χ0) is 74.3. The van der Waals surface area contributed by atoms with Crippen molar-refractivity contribution in [3.05, 3.63) is 437 Å². The Hall–Kier alpha value is -11.9. The minimum atomic E-state index is -3.79. The SMILES string of the molecule is C=Cc1ccccc1[Si](F)(c1ccccc1C=C)c1ccccc1C=C.C=Cc1ccccc1[Si](F)(c1ccccc1C=C)c1ccccc1C=C.C=Cc1ccccc1[Si](F)(c1ccccc1C=C)c1ccccc1C=C.C=Cc1ccccc1[Si](F)(c1ccccc1C=C)c1ccccc1C=C. The van der Waals surface area contributed by atoms with E-state index in [9.17, 15) is 0 Å². The van der Waals surface area contributed by atoms with Crippen LogP contribution in [0.2, 0.25) is 0 Å². The molecule has 12 aromatic rings. The predicted octanol–water partition coefficient (Wildman–Crippen LogP) is 18.2. The van der Waals surface area contributed by atoms with Crippen LogP contribution in [0.4, 0.5) is 16.4 Å². The first-order chi connectivity index (χ1) is 50.6. The van der Waals surface area contributed by atoms with Crippen LogP contribution in [-0.2, 0) is 0 Å². The van der Waals surface area contributed by atoms with Gasteiger partial charge in [0.15, 0.2) is 0 Å². The summed E-state index contributed by atoms with van der Waals surface area (Å²) in [6.45, 7) is 46.7. The number of halogens is 4. The average molecular weight is 1430 g/mol. The number of hydrogen-bond donors (Lipinski definition) is 0. The van der Waals surface area contributed by atoms with Crippen molar-refractivity contribution in [2.24, 2.45) is 0 Å². The Balaban J connectivity index is 0.000000161. The summed E-state index contributed by atoms with van der Waals surface area (Å²) in [6.07, 6.45) is 20.7. The monoisotopic (exact) mass is 1420 g/mol. The maximum atomic E-state index is 17.3. The highest BCUT2D eigenvalue weighted by molar-refractivity contribution is 7.09. The summed E-state index contributed by atoms with van der Waals surface area (Å²) < 4.78 is 69.3. The zero-order valence-corrected chi connectivity index (χ0v) is 62.6. The molecule has 0 radical (unpaired) electrons. The molecule has 0 N–H and O–H groups in total. The van der Waals surface area contributed by atoms with Crippen LogP contribution in [0.3, 0.4) is 0 Å². The molecule has 0 amide bonds. The second-order valence-electron chi connectivity index (χ2n) is 24.1. The fourth-order valence-corrected chi connectivity index (χ4v) is 28.0. The van der Waals surface area contributed by atoms with Gasteiger partial charge in [0.05, 0.1) is 0 Å². The average Bonchev–Trinajstić information content (AvgIpc) is 0.767. The normalized spacial score (nSPS) is 11.0. The second kappa shape index (κ2) is 35.6. The van der Waals surface area contributed by atoms with Crippen LogP contribution >= 0.6 is 0 Å². The summed E-state index contributed by atoms with van der Waals surface area (Å²) in [7, 11) is -15.2. The Labute approximate surface area is 617 Å². The molecule has 0 aliphatic carbocycles. The number of benzene rings is 12. The third kappa shape index (κ3) is 15.3. The van der Waals surface area contributed by atoms with E-state index in [1.165, 1.54) is 0 Å². The summed E-state index contributed by atoms with van der Waals surface area (Å²) in [5.74, 6) is 0. The van der Waals surface area contributed by atoms with Gasteiger partial charge in [0, 0.05) is 0 Å². The van der Waals surface area contributed by atoms with Gasteiger partial charge < -0.3 is 0 Å². The highest BCUT2D eigenvalue weighted by Crippen LogP contribution is 2.24. The van der Waals surface area contributed by atoms with E-state index in [1.54, 1.807) is 72.9 Å². The molecular weight excluding hydrogens is 1340 g/mol. The van der Waals surface area contributed by atoms with Crippen LogP contribution in [-0.4, -0.2) is 33.6 Å². The number of hydrogen-bond acceptors (Lipinski definition) is 0. The smallest absolute Gasteiger partial charge is 0.296 e. The maximum absolute atomic E-state index is 17.3. The van der Waals surface area contributed by atoms with E-state index in [0.29, 0.717) is 62.2 Å². The molecule has 12 aromatic carbocycles. The van der Waals surface area contributed by atoms with Crippen molar-refractivity contribution in [1.82, 2.24) is 0 Å². The first-order valence-corrected chi connectivity index (χ1v) is 41.6. The molecule has 12 rings (SSSR count). The third-order valence-electron chi connectivity index (χ3n) is 18.6. The topological polar surface area (TPSA) is 0 Å². The lowest BCUT2D eigenvalue weighted by Crippen LogP contribution is -2.66. The summed E-state index contributed by atoms with van der Waals surface area (Å²) >= 11 is 0. The van der Waals surface area contributed by atoms with Gasteiger partial charge in [-0.15, -0.1) is 0 Å². The first-order valence-electron chi connectivity index (χ1n) is 34.0. The van der Waals surface area contributed by atoms with Crippen LogP contribution in [0, 0.1) is 0 Å². The molecule has 0 spiro atoms. The van der Waals surface area contributed by atoms with E-state index in [2.05, 4.69) is 78.9 Å². The van der Waals surface area contributed by atoms with Crippen LogP contribution in [0.15, 0.2) is 370 Å². The lowest BCUT2D eigenvalue weighted by atomic mass is 10.2. The summed E-state index contributed by atoms with van der Waals surface area (Å²) in [5.41, 5.74) is 9.83. The quantitative estimate of drug-likeness (QED) is 0.0245. The van der Waals surface area contributed by atoms with Crippen molar-refractivity contribution < 1.29 is 16.4 Å². The van der Waals surface area contributed by atoms with Gasteiger partial charge in [-0.25, -0.2) is 0 Å². The molecule has 0 bridgehead atoms. The first kappa shape index (κ1) is 76.3. The van der Waals surface area contributed by atoms with Crippen molar-refractivity contribution in [3.63, 3.8) is 0 Å². The summed E-state index contributed by atoms with van der Waals surface area (Å²) in [5, 5.41) is 8.32. The van der Waals surface area contributed by atoms with Crippen molar-refractivity contribution in [2.75, 3.05) is 0 Å². The minimum absolute atomic E-state index is 0.693. The Morgan fingerprint density at radius 1 is 0.135 bits per heavy atom. The van der Waals surface area contributed by atoms with Crippen LogP contribution in [0.25, 0.3) is 72.9 Å². The summed E-state index contributed by atoms with van der Waals surface area (Å²) in [4.78, 5) is 0. The Bertz CT molecular complexity index is 4030. The molecule has 512 valence electrons. The Morgan fingerprint density at radius 3 is 0.269 bits per heavy atom. The van der Waals surface area contributed by atoms with E-state index >= 15 is 16.4 Å². The lowest BCUT2D eigenvalue weighted by Gasteiger charge is -2.28. The molecule has 0 saturated heterocycles. The third-order valence-corrected chi connectivity index (χ3v) is 33.0. The van der Waals surface area contributed by atoms with E-state index < -0.39 is 33.6 Å². The molecule has 0 aromatic heterocycles. The molecule has 0 aliphatic rings.